The average Bonchev–Trinajstić information content (AvgIpc) is 2.51. The smallest absolute Gasteiger partial charge is 0.222 e. The van der Waals surface area contributed by atoms with E-state index in [1.165, 1.54) is 0 Å². The molecule has 0 amide bonds. The Kier molecular flexibility index (Phi) is 5.14. The van der Waals surface area contributed by atoms with Crippen LogP contribution in [0.4, 0.5) is 5.82 Å². The Morgan fingerprint density at radius 3 is 2.52 bits per heavy atom. The van der Waals surface area contributed by atoms with E-state index >= 15 is 0 Å². The van der Waals surface area contributed by atoms with Crippen LogP contribution in [0.15, 0.2) is 30.3 Å². The molecule has 0 radical (unpaired) electrons. The Balaban J connectivity index is 2.28. The van der Waals surface area contributed by atoms with Crippen molar-refractivity contribution in [2.45, 2.75) is 39.7 Å². The molecule has 1 heterocycles. The Bertz CT molecular complexity index is 584. The monoisotopic (exact) mass is 285 g/mol. The van der Waals surface area contributed by atoms with E-state index in [1.54, 1.807) is 0 Å². The van der Waals surface area contributed by atoms with Crippen molar-refractivity contribution >= 4 is 5.82 Å². The normalized spacial score (nSPS) is 12.0. The summed E-state index contributed by atoms with van der Waals surface area (Å²) < 4.78 is 6.07. The Hall–Kier alpha value is -2.10. The third-order valence-corrected chi connectivity index (χ3v) is 3.42. The zero-order valence-electron chi connectivity index (χ0n) is 13.2. The minimum absolute atomic E-state index is 0.0426. The second-order valence-electron chi connectivity index (χ2n) is 5.09. The van der Waals surface area contributed by atoms with Gasteiger partial charge in [0.1, 0.15) is 17.7 Å². The van der Waals surface area contributed by atoms with Gasteiger partial charge >= 0.3 is 0 Å². The van der Waals surface area contributed by atoms with Crippen LogP contribution in [0, 0.1) is 6.92 Å². The first-order valence-electron chi connectivity index (χ1n) is 7.42. The second-order valence-corrected chi connectivity index (χ2v) is 5.09. The number of aromatic nitrogens is 2. The zero-order valence-corrected chi connectivity index (χ0v) is 13.2. The van der Waals surface area contributed by atoms with Gasteiger partial charge in [0.15, 0.2) is 0 Å². The lowest BCUT2D eigenvalue weighted by Gasteiger charge is -2.18. The summed E-state index contributed by atoms with van der Waals surface area (Å²) in [5.41, 5.74) is 2.08. The van der Waals surface area contributed by atoms with Crippen molar-refractivity contribution in [1.29, 1.82) is 0 Å². The van der Waals surface area contributed by atoms with Crippen LogP contribution in [-0.4, -0.2) is 17.0 Å². The van der Waals surface area contributed by atoms with Gasteiger partial charge in [-0.25, -0.2) is 4.98 Å². The van der Waals surface area contributed by atoms with E-state index < -0.39 is 0 Å². The van der Waals surface area contributed by atoms with Gasteiger partial charge in [0.2, 0.25) is 5.88 Å². The van der Waals surface area contributed by atoms with Crippen molar-refractivity contribution in [3.8, 4) is 5.88 Å². The molecule has 0 aliphatic heterocycles. The van der Waals surface area contributed by atoms with Crippen LogP contribution in [0.1, 0.15) is 43.3 Å². The minimum atomic E-state index is -0.0426. The highest BCUT2D eigenvalue weighted by molar-refractivity contribution is 5.48. The molecule has 4 nitrogen and oxygen atoms in total. The number of ether oxygens (including phenoxy) is 1. The van der Waals surface area contributed by atoms with Gasteiger partial charge in [0.25, 0.3) is 0 Å². The number of nitrogens with zero attached hydrogens (tertiary/aromatic N) is 2. The number of benzene rings is 1. The standard InChI is InChI=1S/C17H23N3O/c1-5-9-15-19-16(18-4)12(2)17(20-15)21-13(3)14-10-7-6-8-11-14/h6-8,10-11,13H,5,9H2,1-4H3,(H,18,19,20). The van der Waals surface area contributed by atoms with Crippen molar-refractivity contribution in [3.63, 3.8) is 0 Å². The van der Waals surface area contributed by atoms with Gasteiger partial charge in [-0.05, 0) is 25.8 Å². The van der Waals surface area contributed by atoms with Crippen LogP contribution < -0.4 is 10.1 Å². The molecule has 0 saturated carbocycles. The van der Waals surface area contributed by atoms with Crippen LogP contribution in [0.2, 0.25) is 0 Å². The molecule has 1 unspecified atom stereocenters. The summed E-state index contributed by atoms with van der Waals surface area (Å²) >= 11 is 0. The van der Waals surface area contributed by atoms with Crippen molar-refractivity contribution in [2.75, 3.05) is 12.4 Å². The van der Waals surface area contributed by atoms with Gasteiger partial charge in [-0.15, -0.1) is 0 Å². The summed E-state index contributed by atoms with van der Waals surface area (Å²) in [6.07, 6.45) is 1.82. The Morgan fingerprint density at radius 1 is 1.19 bits per heavy atom. The van der Waals surface area contributed by atoms with Crippen LogP contribution in [0.5, 0.6) is 5.88 Å². The molecule has 0 saturated heterocycles. The summed E-state index contributed by atoms with van der Waals surface area (Å²) in [5.74, 6) is 2.32. The van der Waals surface area contributed by atoms with E-state index in [0.717, 1.165) is 35.6 Å². The lowest BCUT2D eigenvalue weighted by atomic mass is 10.1. The predicted octanol–water partition coefficient (Wildman–Crippen LogP) is 3.92. The highest BCUT2D eigenvalue weighted by atomic mass is 16.5. The summed E-state index contributed by atoms with van der Waals surface area (Å²) in [6, 6.07) is 10.2. The highest BCUT2D eigenvalue weighted by Gasteiger charge is 2.14. The summed E-state index contributed by atoms with van der Waals surface area (Å²) in [6.45, 7) is 6.14. The first-order valence-corrected chi connectivity index (χ1v) is 7.42. The molecule has 1 N–H and O–H groups in total. The zero-order chi connectivity index (χ0) is 15.2. The summed E-state index contributed by atoms with van der Waals surface area (Å²) in [4.78, 5) is 9.08. The molecule has 0 aliphatic rings. The van der Waals surface area contributed by atoms with Crippen LogP contribution in [0.3, 0.4) is 0 Å². The number of aryl methyl sites for hydroxylation is 1. The fourth-order valence-corrected chi connectivity index (χ4v) is 2.19. The molecule has 2 rings (SSSR count). The molecule has 0 fully saturated rings. The SMILES string of the molecule is CCCc1nc(NC)c(C)c(OC(C)c2ccccc2)n1. The predicted molar refractivity (Wildman–Crippen MR) is 85.8 cm³/mol. The fourth-order valence-electron chi connectivity index (χ4n) is 2.19. The van der Waals surface area contributed by atoms with E-state index in [1.807, 2.05) is 39.1 Å². The van der Waals surface area contributed by atoms with E-state index in [4.69, 9.17) is 4.74 Å². The highest BCUT2D eigenvalue weighted by Crippen LogP contribution is 2.27. The van der Waals surface area contributed by atoms with E-state index in [0.29, 0.717) is 5.88 Å². The summed E-state index contributed by atoms with van der Waals surface area (Å²) in [5, 5.41) is 3.12. The molecule has 4 heteroatoms. The molecule has 0 aliphatic carbocycles. The lowest BCUT2D eigenvalue weighted by molar-refractivity contribution is 0.215. The molecule has 0 bridgehead atoms. The maximum absolute atomic E-state index is 6.07. The molecule has 1 atom stereocenters. The van der Waals surface area contributed by atoms with Crippen molar-refractivity contribution in [3.05, 3.63) is 47.3 Å². The molecule has 112 valence electrons. The Morgan fingerprint density at radius 2 is 1.90 bits per heavy atom. The van der Waals surface area contributed by atoms with Gasteiger partial charge in [0.05, 0.1) is 5.56 Å². The number of rotatable bonds is 6. The van der Waals surface area contributed by atoms with Gasteiger partial charge in [-0.3, -0.25) is 0 Å². The maximum atomic E-state index is 6.07. The van der Waals surface area contributed by atoms with Crippen molar-refractivity contribution in [2.24, 2.45) is 0 Å². The molecular weight excluding hydrogens is 262 g/mol. The van der Waals surface area contributed by atoms with Gasteiger partial charge in [-0.2, -0.15) is 4.98 Å². The largest absolute Gasteiger partial charge is 0.469 e. The van der Waals surface area contributed by atoms with Gasteiger partial charge in [-0.1, -0.05) is 37.3 Å². The molecular formula is C17H23N3O. The molecule has 1 aromatic heterocycles. The number of anilines is 1. The van der Waals surface area contributed by atoms with Crippen LogP contribution >= 0.6 is 0 Å². The molecule has 1 aromatic carbocycles. The molecule has 0 spiro atoms. The lowest BCUT2D eigenvalue weighted by Crippen LogP contribution is -2.10. The van der Waals surface area contributed by atoms with Crippen molar-refractivity contribution in [1.82, 2.24) is 9.97 Å². The third kappa shape index (κ3) is 3.72. The third-order valence-electron chi connectivity index (χ3n) is 3.42. The van der Waals surface area contributed by atoms with E-state index in [2.05, 4.69) is 34.3 Å². The first-order chi connectivity index (χ1) is 10.2. The average molecular weight is 285 g/mol. The Labute approximate surface area is 126 Å². The maximum Gasteiger partial charge on any atom is 0.222 e. The van der Waals surface area contributed by atoms with E-state index in [-0.39, 0.29) is 6.10 Å². The quantitative estimate of drug-likeness (QED) is 0.874. The number of hydrogen-bond donors (Lipinski definition) is 1. The van der Waals surface area contributed by atoms with Crippen molar-refractivity contribution < 1.29 is 4.74 Å². The topological polar surface area (TPSA) is 47.0 Å². The van der Waals surface area contributed by atoms with Crippen LogP contribution in [0.25, 0.3) is 0 Å². The van der Waals surface area contributed by atoms with Gasteiger partial charge < -0.3 is 10.1 Å². The first kappa shape index (κ1) is 15.3. The number of hydrogen-bond acceptors (Lipinski definition) is 4. The fraction of sp³-hybridized carbons (Fsp3) is 0.412. The molecule has 2 aromatic rings. The summed E-state index contributed by atoms with van der Waals surface area (Å²) in [7, 11) is 1.87. The van der Waals surface area contributed by atoms with E-state index in [9.17, 15) is 0 Å². The minimum Gasteiger partial charge on any atom is -0.469 e. The number of nitrogens with one attached hydrogen (secondary N) is 1. The second kappa shape index (κ2) is 7.07. The van der Waals surface area contributed by atoms with Crippen LogP contribution in [-0.2, 0) is 6.42 Å². The molecule has 21 heavy (non-hydrogen) atoms. The van der Waals surface area contributed by atoms with Gasteiger partial charge in [0, 0.05) is 13.5 Å².